The summed E-state index contributed by atoms with van der Waals surface area (Å²) < 4.78 is 34.6. The zero-order valence-electron chi connectivity index (χ0n) is 11.2. The van der Waals surface area contributed by atoms with Crippen LogP contribution in [-0.2, 0) is 21.2 Å². The van der Waals surface area contributed by atoms with Gasteiger partial charge in [-0.3, -0.25) is 0 Å². The fraction of sp³-hybridized carbons (Fsp3) is 0.214. The van der Waals surface area contributed by atoms with E-state index in [1.165, 1.54) is 12.1 Å². The molecule has 0 spiro atoms. The molecule has 0 bridgehead atoms. The molecule has 2 rings (SSSR count). The van der Waals surface area contributed by atoms with E-state index in [1.54, 1.807) is 30.5 Å². The summed E-state index contributed by atoms with van der Waals surface area (Å²) in [5, 5.41) is 0. The molecule has 5 nitrogen and oxygen atoms in total. The standard InChI is InChI=1S/C14H15NO4S2/c15-14(20)11-3-5-13(6-4-11)21(16,17)9-8-18-10-12-2-1-7-19-12/h1-7H,8-10H2,(H2,15,20). The molecular formula is C14H15NO4S2. The van der Waals surface area contributed by atoms with Gasteiger partial charge >= 0.3 is 0 Å². The third-order valence-electron chi connectivity index (χ3n) is 2.82. The molecule has 0 aliphatic rings. The van der Waals surface area contributed by atoms with Crippen LogP contribution in [0, 0.1) is 0 Å². The van der Waals surface area contributed by atoms with Crippen LogP contribution in [0.5, 0.6) is 0 Å². The number of sulfone groups is 1. The molecule has 112 valence electrons. The summed E-state index contributed by atoms with van der Waals surface area (Å²) in [5.74, 6) is 0.563. The Labute approximate surface area is 128 Å². The van der Waals surface area contributed by atoms with E-state index in [2.05, 4.69) is 0 Å². The molecule has 0 amide bonds. The first-order valence-electron chi connectivity index (χ1n) is 6.22. The Balaban J connectivity index is 1.90. The highest BCUT2D eigenvalue weighted by Crippen LogP contribution is 2.13. The highest BCUT2D eigenvalue weighted by Gasteiger charge is 2.14. The molecule has 1 aromatic carbocycles. The third kappa shape index (κ3) is 4.38. The van der Waals surface area contributed by atoms with Crippen LogP contribution in [-0.4, -0.2) is 25.8 Å². The van der Waals surface area contributed by atoms with Crippen molar-refractivity contribution in [2.45, 2.75) is 11.5 Å². The van der Waals surface area contributed by atoms with Crippen molar-refractivity contribution in [2.24, 2.45) is 5.73 Å². The third-order valence-corrected chi connectivity index (χ3v) is 4.75. The highest BCUT2D eigenvalue weighted by molar-refractivity contribution is 7.91. The van der Waals surface area contributed by atoms with Gasteiger partial charge in [0.2, 0.25) is 0 Å². The number of ether oxygens (including phenoxy) is 1. The molecule has 1 heterocycles. The van der Waals surface area contributed by atoms with Crippen LogP contribution in [0.4, 0.5) is 0 Å². The van der Waals surface area contributed by atoms with Crippen LogP contribution >= 0.6 is 12.2 Å². The van der Waals surface area contributed by atoms with Gasteiger partial charge < -0.3 is 14.9 Å². The molecule has 1 aromatic heterocycles. The molecule has 0 unspecified atom stereocenters. The van der Waals surface area contributed by atoms with Crippen molar-refractivity contribution >= 4 is 27.0 Å². The van der Waals surface area contributed by atoms with Gasteiger partial charge in [-0.05, 0) is 24.3 Å². The molecule has 0 atom stereocenters. The quantitative estimate of drug-likeness (QED) is 0.618. The van der Waals surface area contributed by atoms with E-state index in [1.807, 2.05) is 0 Å². The van der Waals surface area contributed by atoms with E-state index in [0.29, 0.717) is 11.3 Å². The minimum Gasteiger partial charge on any atom is -0.467 e. The van der Waals surface area contributed by atoms with Gasteiger partial charge in [-0.15, -0.1) is 0 Å². The Morgan fingerprint density at radius 2 is 1.95 bits per heavy atom. The van der Waals surface area contributed by atoms with Gasteiger partial charge in [0, 0.05) is 5.56 Å². The largest absolute Gasteiger partial charge is 0.467 e. The van der Waals surface area contributed by atoms with Crippen molar-refractivity contribution in [1.82, 2.24) is 0 Å². The maximum absolute atomic E-state index is 12.1. The first-order valence-corrected chi connectivity index (χ1v) is 8.28. The zero-order valence-corrected chi connectivity index (χ0v) is 12.8. The predicted molar refractivity (Wildman–Crippen MR) is 82.7 cm³/mol. The Kier molecular flexibility index (Phi) is 5.11. The number of nitrogens with two attached hydrogens (primary N) is 1. The molecule has 0 fully saturated rings. The van der Waals surface area contributed by atoms with Crippen LogP contribution < -0.4 is 5.73 Å². The Morgan fingerprint density at radius 3 is 2.52 bits per heavy atom. The summed E-state index contributed by atoms with van der Waals surface area (Å²) in [7, 11) is -3.38. The van der Waals surface area contributed by atoms with Crippen molar-refractivity contribution in [3.63, 3.8) is 0 Å². The van der Waals surface area contributed by atoms with Crippen molar-refractivity contribution in [1.29, 1.82) is 0 Å². The number of furan rings is 1. The number of hydrogen-bond donors (Lipinski definition) is 1. The fourth-order valence-electron chi connectivity index (χ4n) is 1.68. The van der Waals surface area contributed by atoms with Crippen LogP contribution in [0.3, 0.4) is 0 Å². The molecule has 0 aliphatic carbocycles. The van der Waals surface area contributed by atoms with E-state index in [9.17, 15) is 8.42 Å². The lowest BCUT2D eigenvalue weighted by Gasteiger charge is -2.06. The molecule has 2 aromatic rings. The van der Waals surface area contributed by atoms with Gasteiger partial charge in [-0.25, -0.2) is 8.42 Å². The number of thiocarbonyl (C=S) groups is 1. The Hall–Kier alpha value is -1.70. The van der Waals surface area contributed by atoms with E-state index >= 15 is 0 Å². The van der Waals surface area contributed by atoms with E-state index in [-0.39, 0.29) is 28.9 Å². The lowest BCUT2D eigenvalue weighted by Crippen LogP contribution is -2.13. The second-order valence-electron chi connectivity index (χ2n) is 4.34. The highest BCUT2D eigenvalue weighted by atomic mass is 32.2. The van der Waals surface area contributed by atoms with E-state index < -0.39 is 9.84 Å². The van der Waals surface area contributed by atoms with Gasteiger partial charge in [0.05, 0.1) is 23.5 Å². The topological polar surface area (TPSA) is 82.5 Å². The van der Waals surface area contributed by atoms with Gasteiger partial charge in [0.1, 0.15) is 17.4 Å². The number of hydrogen-bond acceptors (Lipinski definition) is 5. The van der Waals surface area contributed by atoms with Gasteiger partial charge in [0.25, 0.3) is 0 Å². The maximum atomic E-state index is 12.1. The summed E-state index contributed by atoms with van der Waals surface area (Å²) in [5.41, 5.74) is 6.11. The summed E-state index contributed by atoms with van der Waals surface area (Å²) in [6, 6.07) is 9.70. The molecule has 2 N–H and O–H groups in total. The molecular weight excluding hydrogens is 310 g/mol. The SMILES string of the molecule is NC(=S)c1ccc(S(=O)(=O)CCOCc2ccco2)cc1. The molecule has 21 heavy (non-hydrogen) atoms. The van der Waals surface area contributed by atoms with Gasteiger partial charge in [-0.1, -0.05) is 24.4 Å². The van der Waals surface area contributed by atoms with Crippen molar-refractivity contribution in [2.75, 3.05) is 12.4 Å². The number of benzene rings is 1. The molecule has 0 saturated heterocycles. The van der Waals surface area contributed by atoms with Crippen molar-refractivity contribution < 1.29 is 17.6 Å². The second-order valence-corrected chi connectivity index (χ2v) is 6.89. The smallest absolute Gasteiger partial charge is 0.180 e. The summed E-state index contributed by atoms with van der Waals surface area (Å²) in [6.07, 6.45) is 1.54. The fourth-order valence-corrected chi connectivity index (χ4v) is 2.94. The minimum atomic E-state index is -3.38. The monoisotopic (exact) mass is 325 g/mol. The lowest BCUT2D eigenvalue weighted by molar-refractivity contribution is 0.119. The minimum absolute atomic E-state index is 0.0971. The first-order chi connectivity index (χ1) is 9.99. The summed E-state index contributed by atoms with van der Waals surface area (Å²) >= 11 is 4.82. The van der Waals surface area contributed by atoms with Crippen molar-refractivity contribution in [3.8, 4) is 0 Å². The van der Waals surface area contributed by atoms with Gasteiger partial charge in [-0.2, -0.15) is 0 Å². The van der Waals surface area contributed by atoms with Crippen LogP contribution in [0.2, 0.25) is 0 Å². The van der Waals surface area contributed by atoms with Crippen molar-refractivity contribution in [3.05, 3.63) is 54.0 Å². The second kappa shape index (κ2) is 6.84. The van der Waals surface area contributed by atoms with Gasteiger partial charge in [0.15, 0.2) is 9.84 Å². The Morgan fingerprint density at radius 1 is 1.24 bits per heavy atom. The molecule has 0 aliphatic heterocycles. The molecule has 0 saturated carbocycles. The molecule has 7 heteroatoms. The zero-order chi connectivity index (χ0) is 15.3. The number of rotatable bonds is 7. The maximum Gasteiger partial charge on any atom is 0.180 e. The molecule has 0 radical (unpaired) electrons. The average Bonchev–Trinajstić information content (AvgIpc) is 2.97. The van der Waals surface area contributed by atoms with E-state index in [4.69, 9.17) is 27.1 Å². The lowest BCUT2D eigenvalue weighted by atomic mass is 10.2. The normalized spacial score (nSPS) is 11.4. The summed E-state index contributed by atoms with van der Waals surface area (Å²) in [4.78, 5) is 0.463. The first kappa shape index (κ1) is 15.7. The van der Waals surface area contributed by atoms with Crippen LogP contribution in [0.25, 0.3) is 0 Å². The summed E-state index contributed by atoms with van der Waals surface area (Å²) in [6.45, 7) is 0.350. The Bertz CT molecular complexity index is 691. The van der Waals surface area contributed by atoms with E-state index in [0.717, 1.165) is 0 Å². The van der Waals surface area contributed by atoms with Crippen LogP contribution in [0.15, 0.2) is 52.0 Å². The average molecular weight is 325 g/mol. The van der Waals surface area contributed by atoms with Crippen LogP contribution in [0.1, 0.15) is 11.3 Å². The predicted octanol–water partition coefficient (Wildman–Crippen LogP) is 1.90.